The maximum atomic E-state index is 12.6. The molecule has 0 heterocycles. The molecule has 3 heteroatoms. The van der Waals surface area contributed by atoms with E-state index in [2.05, 4.69) is 0 Å². The predicted octanol–water partition coefficient (Wildman–Crippen LogP) is 3.99. The minimum atomic E-state index is -1.33. The number of benzene rings is 2. The Morgan fingerprint density at radius 3 is 2.14 bits per heavy atom. The first-order chi connectivity index (χ1) is 9.90. The largest absolute Gasteiger partial charge is 0.293 e. The van der Waals surface area contributed by atoms with E-state index < -0.39 is 16.0 Å². The molecule has 2 atom stereocenters. The Morgan fingerprint density at radius 1 is 0.952 bits per heavy atom. The van der Waals surface area contributed by atoms with E-state index in [1.807, 2.05) is 51.1 Å². The highest BCUT2D eigenvalue weighted by Crippen LogP contribution is 2.18. The van der Waals surface area contributed by atoms with Crippen molar-refractivity contribution in [3.63, 3.8) is 0 Å². The molecule has 0 aromatic heterocycles. The van der Waals surface area contributed by atoms with Crippen LogP contribution in [0.15, 0.2) is 47.4 Å². The van der Waals surface area contributed by atoms with E-state index in [0.717, 1.165) is 16.7 Å². The molecular weight excluding hydrogens is 280 g/mol. The van der Waals surface area contributed by atoms with Crippen LogP contribution in [0.2, 0.25) is 0 Å². The predicted molar refractivity (Wildman–Crippen MR) is 87.3 cm³/mol. The Bertz CT molecular complexity index is 687. The quantitative estimate of drug-likeness (QED) is 0.800. The van der Waals surface area contributed by atoms with Crippen molar-refractivity contribution in [3.8, 4) is 0 Å². The number of ketones is 1. The second-order valence-electron chi connectivity index (χ2n) is 5.42. The van der Waals surface area contributed by atoms with Gasteiger partial charge in [-0.15, -0.1) is 0 Å². The van der Waals surface area contributed by atoms with E-state index in [4.69, 9.17) is 0 Å². The second-order valence-corrected chi connectivity index (χ2v) is 7.19. The van der Waals surface area contributed by atoms with Crippen molar-refractivity contribution in [1.82, 2.24) is 0 Å². The monoisotopic (exact) mass is 300 g/mol. The SMILES string of the molecule is Cc1ccc(C(=O)C(C)S(=O)c2ccc(C)c(C)c2)cc1. The average molecular weight is 300 g/mol. The Morgan fingerprint density at radius 2 is 1.57 bits per heavy atom. The van der Waals surface area contributed by atoms with Gasteiger partial charge in [-0.2, -0.15) is 0 Å². The van der Waals surface area contributed by atoms with Crippen molar-refractivity contribution in [2.45, 2.75) is 37.8 Å². The molecule has 2 rings (SSSR count). The highest BCUT2D eigenvalue weighted by Gasteiger charge is 2.22. The number of rotatable bonds is 4. The van der Waals surface area contributed by atoms with Gasteiger partial charge in [0.05, 0.1) is 16.0 Å². The highest BCUT2D eigenvalue weighted by atomic mass is 32.2. The van der Waals surface area contributed by atoms with Crippen LogP contribution in [0, 0.1) is 20.8 Å². The van der Waals surface area contributed by atoms with Crippen LogP contribution in [0.3, 0.4) is 0 Å². The van der Waals surface area contributed by atoms with Gasteiger partial charge in [-0.25, -0.2) is 0 Å². The topological polar surface area (TPSA) is 34.1 Å². The van der Waals surface area contributed by atoms with Crippen molar-refractivity contribution in [3.05, 3.63) is 64.7 Å². The van der Waals surface area contributed by atoms with Crippen molar-refractivity contribution in [2.24, 2.45) is 0 Å². The molecule has 2 nitrogen and oxygen atoms in total. The molecule has 0 spiro atoms. The molecule has 110 valence electrons. The third-order valence-corrected chi connectivity index (χ3v) is 5.31. The average Bonchev–Trinajstić information content (AvgIpc) is 2.48. The van der Waals surface area contributed by atoms with Gasteiger partial charge >= 0.3 is 0 Å². The first kappa shape index (κ1) is 15.6. The normalized spacial score (nSPS) is 13.7. The number of aryl methyl sites for hydroxylation is 3. The van der Waals surface area contributed by atoms with Crippen LogP contribution in [0.25, 0.3) is 0 Å². The third kappa shape index (κ3) is 3.48. The molecule has 0 saturated carbocycles. The fraction of sp³-hybridized carbons (Fsp3) is 0.278. The molecule has 0 N–H and O–H groups in total. The van der Waals surface area contributed by atoms with Gasteiger partial charge in [-0.3, -0.25) is 9.00 Å². The van der Waals surface area contributed by atoms with Gasteiger partial charge in [0.15, 0.2) is 5.78 Å². The van der Waals surface area contributed by atoms with Gasteiger partial charge in [0.2, 0.25) is 0 Å². The maximum absolute atomic E-state index is 12.6. The zero-order valence-corrected chi connectivity index (χ0v) is 13.7. The van der Waals surface area contributed by atoms with Crippen LogP contribution < -0.4 is 0 Å². The van der Waals surface area contributed by atoms with Crippen molar-refractivity contribution < 1.29 is 9.00 Å². The number of carbonyl (C=O) groups is 1. The van der Waals surface area contributed by atoms with Crippen LogP contribution in [-0.4, -0.2) is 15.2 Å². The second kappa shape index (κ2) is 6.35. The molecule has 0 fully saturated rings. The first-order valence-electron chi connectivity index (χ1n) is 6.99. The Labute approximate surface area is 128 Å². The zero-order chi connectivity index (χ0) is 15.6. The summed E-state index contributed by atoms with van der Waals surface area (Å²) in [4.78, 5) is 13.1. The maximum Gasteiger partial charge on any atom is 0.178 e. The molecule has 2 aromatic carbocycles. The van der Waals surface area contributed by atoms with E-state index in [1.165, 1.54) is 0 Å². The summed E-state index contributed by atoms with van der Waals surface area (Å²) in [6.07, 6.45) is 0. The number of Topliss-reactive ketones (excluding diaryl/α,β-unsaturated/α-hetero) is 1. The van der Waals surface area contributed by atoms with Crippen molar-refractivity contribution in [1.29, 1.82) is 0 Å². The van der Waals surface area contributed by atoms with Gasteiger partial charge in [0.1, 0.15) is 0 Å². The Kier molecular flexibility index (Phi) is 4.73. The minimum Gasteiger partial charge on any atom is -0.293 e. The van der Waals surface area contributed by atoms with E-state index >= 15 is 0 Å². The molecule has 0 radical (unpaired) electrons. The minimum absolute atomic E-state index is 0.0773. The fourth-order valence-electron chi connectivity index (χ4n) is 2.09. The molecule has 0 aliphatic carbocycles. The summed E-state index contributed by atoms with van der Waals surface area (Å²) in [7, 11) is -1.33. The van der Waals surface area contributed by atoms with Gasteiger partial charge < -0.3 is 0 Å². The van der Waals surface area contributed by atoms with Crippen LogP contribution >= 0.6 is 0 Å². The van der Waals surface area contributed by atoms with Crippen LogP contribution in [0.1, 0.15) is 34.0 Å². The summed E-state index contributed by atoms with van der Waals surface area (Å²) in [5.74, 6) is -0.0773. The summed E-state index contributed by atoms with van der Waals surface area (Å²) in [5, 5.41) is -0.546. The van der Waals surface area contributed by atoms with Gasteiger partial charge in [-0.05, 0) is 51.0 Å². The lowest BCUT2D eigenvalue weighted by Crippen LogP contribution is -2.23. The zero-order valence-electron chi connectivity index (χ0n) is 12.8. The molecule has 21 heavy (non-hydrogen) atoms. The Hall–Kier alpha value is -1.74. The number of hydrogen-bond acceptors (Lipinski definition) is 2. The molecule has 0 aliphatic heterocycles. The summed E-state index contributed by atoms with van der Waals surface area (Å²) in [5.41, 5.74) is 3.98. The summed E-state index contributed by atoms with van der Waals surface area (Å²) < 4.78 is 12.6. The smallest absolute Gasteiger partial charge is 0.178 e. The highest BCUT2D eigenvalue weighted by molar-refractivity contribution is 7.86. The number of hydrogen-bond donors (Lipinski definition) is 0. The van der Waals surface area contributed by atoms with Crippen LogP contribution in [0.4, 0.5) is 0 Å². The lowest BCUT2D eigenvalue weighted by molar-refractivity contribution is 0.0992. The Balaban J connectivity index is 2.24. The molecule has 2 unspecified atom stereocenters. The summed E-state index contributed by atoms with van der Waals surface area (Å²) in [6, 6.07) is 13.1. The van der Waals surface area contributed by atoms with E-state index in [9.17, 15) is 9.00 Å². The molecule has 0 amide bonds. The van der Waals surface area contributed by atoms with Crippen LogP contribution in [-0.2, 0) is 10.8 Å². The van der Waals surface area contributed by atoms with E-state index in [-0.39, 0.29) is 5.78 Å². The summed E-state index contributed by atoms with van der Waals surface area (Å²) in [6.45, 7) is 7.71. The van der Waals surface area contributed by atoms with Gasteiger partial charge in [-0.1, -0.05) is 35.9 Å². The van der Waals surface area contributed by atoms with Gasteiger partial charge in [0, 0.05) is 10.5 Å². The van der Waals surface area contributed by atoms with Gasteiger partial charge in [0.25, 0.3) is 0 Å². The molecule has 0 bridgehead atoms. The first-order valence-corrected chi connectivity index (χ1v) is 8.20. The summed E-state index contributed by atoms with van der Waals surface area (Å²) >= 11 is 0. The van der Waals surface area contributed by atoms with Crippen molar-refractivity contribution in [2.75, 3.05) is 0 Å². The van der Waals surface area contributed by atoms with E-state index in [0.29, 0.717) is 10.5 Å². The molecule has 0 saturated heterocycles. The van der Waals surface area contributed by atoms with Crippen LogP contribution in [0.5, 0.6) is 0 Å². The van der Waals surface area contributed by atoms with E-state index in [1.54, 1.807) is 19.1 Å². The van der Waals surface area contributed by atoms with Crippen molar-refractivity contribution >= 4 is 16.6 Å². The standard InChI is InChI=1S/C18H20O2S/c1-12-5-8-16(9-6-12)18(19)15(4)21(20)17-10-7-13(2)14(3)11-17/h5-11,15H,1-4H3. The number of carbonyl (C=O) groups excluding carboxylic acids is 1. The third-order valence-electron chi connectivity index (χ3n) is 3.74. The molecular formula is C18H20O2S. The fourth-order valence-corrected chi connectivity index (χ4v) is 3.33. The lowest BCUT2D eigenvalue weighted by atomic mass is 10.1. The molecule has 2 aromatic rings. The molecule has 0 aliphatic rings. The lowest BCUT2D eigenvalue weighted by Gasteiger charge is -2.12.